The summed E-state index contributed by atoms with van der Waals surface area (Å²) in [5, 5.41) is 15.5. The molecule has 1 heterocycles. The van der Waals surface area contributed by atoms with Gasteiger partial charge < -0.3 is 15.6 Å². The van der Waals surface area contributed by atoms with E-state index in [9.17, 15) is 5.11 Å². The van der Waals surface area contributed by atoms with E-state index in [0.717, 1.165) is 22.8 Å². The first-order valence-electron chi connectivity index (χ1n) is 9.32. The smallest absolute Gasteiger partial charge is 0.155 e. The van der Waals surface area contributed by atoms with Crippen LogP contribution in [0.3, 0.4) is 0 Å². The highest BCUT2D eigenvalue weighted by molar-refractivity contribution is 6.30. The number of aliphatic hydroxyl groups is 1. The first-order chi connectivity index (χ1) is 13.5. The van der Waals surface area contributed by atoms with Crippen LogP contribution in [0, 0.1) is 0 Å². The fourth-order valence-electron chi connectivity index (χ4n) is 3.78. The second-order valence-corrected chi connectivity index (χ2v) is 7.60. The van der Waals surface area contributed by atoms with Crippen LogP contribution in [0.1, 0.15) is 36.0 Å². The molecule has 3 aromatic rings. The molecule has 1 aliphatic carbocycles. The maximum absolute atomic E-state index is 10.1. The number of benzene rings is 2. The van der Waals surface area contributed by atoms with E-state index in [1.54, 1.807) is 7.11 Å². The molecule has 0 radical (unpaired) electrons. The average Bonchev–Trinajstić information content (AvgIpc) is 3.25. The maximum atomic E-state index is 10.1. The summed E-state index contributed by atoms with van der Waals surface area (Å²) in [5.41, 5.74) is 7.90. The third-order valence-corrected chi connectivity index (χ3v) is 5.45. The number of halogens is 2. The van der Waals surface area contributed by atoms with Gasteiger partial charge in [0.2, 0.25) is 0 Å². The summed E-state index contributed by atoms with van der Waals surface area (Å²) in [7, 11) is 1.66. The van der Waals surface area contributed by atoms with Gasteiger partial charge in [0.05, 0.1) is 18.9 Å². The first kappa shape index (κ1) is 21.6. The molecule has 0 spiro atoms. The molecule has 29 heavy (non-hydrogen) atoms. The summed E-state index contributed by atoms with van der Waals surface area (Å²) in [6, 6.07) is 15.1. The molecular formula is C21H24Cl2N4O2. The standard InChI is InChI=1S/C21H23ClN4O2.ClH/c1-28-19-8-3-2-5-13(19)11-20-24-21(14-9-17(23)18(27)10-14)26(25-20)16-7-4-6-15(22)12-16;/h2-8,12,14,17-18,27H,9-11,23H2,1H3;1H/t14-,17+,18+;/m0./s1. The van der Waals surface area contributed by atoms with Crippen LogP contribution in [0.2, 0.25) is 5.02 Å². The molecule has 0 bridgehead atoms. The van der Waals surface area contributed by atoms with Crippen molar-refractivity contribution in [2.45, 2.75) is 37.3 Å². The number of hydrogen-bond donors (Lipinski definition) is 2. The molecule has 1 saturated carbocycles. The minimum Gasteiger partial charge on any atom is -0.496 e. The number of hydrogen-bond acceptors (Lipinski definition) is 5. The van der Waals surface area contributed by atoms with Gasteiger partial charge in [0.1, 0.15) is 11.6 Å². The highest BCUT2D eigenvalue weighted by Gasteiger charge is 2.35. The third kappa shape index (κ3) is 4.56. The Balaban J connectivity index is 0.00000240. The summed E-state index contributed by atoms with van der Waals surface area (Å²) < 4.78 is 7.28. The molecule has 0 unspecified atom stereocenters. The number of aliphatic hydroxyl groups excluding tert-OH is 1. The number of rotatable bonds is 5. The van der Waals surface area contributed by atoms with Crippen LogP contribution in [-0.4, -0.2) is 39.1 Å². The maximum Gasteiger partial charge on any atom is 0.155 e. The van der Waals surface area contributed by atoms with Crippen molar-refractivity contribution in [3.8, 4) is 11.4 Å². The Bertz CT molecular complexity index is 969. The number of nitrogens with two attached hydrogens (primary N) is 1. The molecule has 0 amide bonds. The van der Waals surface area contributed by atoms with E-state index in [0.29, 0.717) is 30.1 Å². The van der Waals surface area contributed by atoms with Crippen molar-refractivity contribution in [1.29, 1.82) is 0 Å². The number of ether oxygens (including phenoxy) is 1. The Labute approximate surface area is 181 Å². The average molecular weight is 435 g/mol. The predicted molar refractivity (Wildman–Crippen MR) is 115 cm³/mol. The first-order valence-corrected chi connectivity index (χ1v) is 9.70. The Hall–Kier alpha value is -2.12. The molecular weight excluding hydrogens is 411 g/mol. The fraction of sp³-hybridized carbons (Fsp3) is 0.333. The minimum absolute atomic E-state index is 0. The predicted octanol–water partition coefficient (Wildman–Crippen LogP) is 3.51. The third-order valence-electron chi connectivity index (χ3n) is 5.21. The van der Waals surface area contributed by atoms with Gasteiger partial charge in [0.25, 0.3) is 0 Å². The largest absolute Gasteiger partial charge is 0.496 e. The zero-order valence-corrected chi connectivity index (χ0v) is 17.6. The van der Waals surface area contributed by atoms with Gasteiger partial charge in [-0.2, -0.15) is 5.10 Å². The lowest BCUT2D eigenvalue weighted by atomic mass is 10.1. The van der Waals surface area contributed by atoms with Crippen LogP contribution in [0.5, 0.6) is 5.75 Å². The number of aromatic nitrogens is 3. The fourth-order valence-corrected chi connectivity index (χ4v) is 3.97. The Kier molecular flexibility index (Phi) is 6.80. The molecule has 3 N–H and O–H groups in total. The molecule has 0 saturated heterocycles. The van der Waals surface area contributed by atoms with Crippen molar-refractivity contribution in [3.05, 3.63) is 70.8 Å². The van der Waals surface area contributed by atoms with Gasteiger partial charge in [-0.1, -0.05) is 35.9 Å². The number of nitrogens with zero attached hydrogens (tertiary/aromatic N) is 3. The zero-order chi connectivity index (χ0) is 19.7. The molecule has 2 aromatic carbocycles. The van der Waals surface area contributed by atoms with Crippen molar-refractivity contribution in [2.24, 2.45) is 5.73 Å². The normalized spacial score (nSPS) is 21.0. The lowest BCUT2D eigenvalue weighted by Crippen LogP contribution is -2.28. The number of para-hydroxylation sites is 1. The highest BCUT2D eigenvalue weighted by atomic mass is 35.5. The topological polar surface area (TPSA) is 86.2 Å². The van der Waals surface area contributed by atoms with Crippen molar-refractivity contribution < 1.29 is 9.84 Å². The summed E-state index contributed by atoms with van der Waals surface area (Å²) in [6.45, 7) is 0. The second kappa shape index (κ2) is 9.13. The van der Waals surface area contributed by atoms with Gasteiger partial charge in [-0.3, -0.25) is 0 Å². The molecule has 1 fully saturated rings. The van der Waals surface area contributed by atoms with Crippen molar-refractivity contribution in [1.82, 2.24) is 14.8 Å². The molecule has 4 rings (SSSR count). The Morgan fingerprint density at radius 2 is 2.00 bits per heavy atom. The van der Waals surface area contributed by atoms with Gasteiger partial charge in [-0.25, -0.2) is 9.67 Å². The van der Waals surface area contributed by atoms with Crippen LogP contribution < -0.4 is 10.5 Å². The highest BCUT2D eigenvalue weighted by Crippen LogP contribution is 2.34. The molecule has 1 aromatic heterocycles. The van der Waals surface area contributed by atoms with Crippen molar-refractivity contribution >= 4 is 24.0 Å². The van der Waals surface area contributed by atoms with Crippen LogP contribution in [-0.2, 0) is 6.42 Å². The van der Waals surface area contributed by atoms with Gasteiger partial charge >= 0.3 is 0 Å². The zero-order valence-electron chi connectivity index (χ0n) is 16.0. The van der Waals surface area contributed by atoms with E-state index in [2.05, 4.69) is 0 Å². The lowest BCUT2D eigenvalue weighted by molar-refractivity contribution is 0.163. The van der Waals surface area contributed by atoms with E-state index in [-0.39, 0.29) is 24.4 Å². The second-order valence-electron chi connectivity index (χ2n) is 7.17. The van der Waals surface area contributed by atoms with E-state index < -0.39 is 6.10 Å². The van der Waals surface area contributed by atoms with Gasteiger partial charge in [0, 0.05) is 29.0 Å². The van der Waals surface area contributed by atoms with Crippen LogP contribution >= 0.6 is 24.0 Å². The van der Waals surface area contributed by atoms with Crippen LogP contribution in [0.4, 0.5) is 0 Å². The van der Waals surface area contributed by atoms with Crippen molar-refractivity contribution in [3.63, 3.8) is 0 Å². The number of methoxy groups -OCH3 is 1. The minimum atomic E-state index is -0.521. The summed E-state index contributed by atoms with van der Waals surface area (Å²) >= 11 is 6.19. The molecule has 8 heteroatoms. The van der Waals surface area contributed by atoms with E-state index >= 15 is 0 Å². The van der Waals surface area contributed by atoms with Crippen LogP contribution in [0.15, 0.2) is 48.5 Å². The summed E-state index contributed by atoms with van der Waals surface area (Å²) in [5.74, 6) is 2.35. The molecule has 154 valence electrons. The molecule has 6 nitrogen and oxygen atoms in total. The SMILES string of the molecule is COc1ccccc1Cc1nc([C@H]2C[C@@H](N)[C@H](O)C2)n(-c2cccc(Cl)c2)n1.Cl. The molecule has 0 aliphatic heterocycles. The monoisotopic (exact) mass is 434 g/mol. The van der Waals surface area contributed by atoms with Gasteiger partial charge in [-0.15, -0.1) is 12.4 Å². The lowest BCUT2D eigenvalue weighted by Gasteiger charge is -2.11. The Morgan fingerprint density at radius 1 is 1.21 bits per heavy atom. The van der Waals surface area contributed by atoms with E-state index in [1.807, 2.05) is 53.2 Å². The van der Waals surface area contributed by atoms with Gasteiger partial charge in [-0.05, 0) is 37.1 Å². The molecule has 3 atom stereocenters. The van der Waals surface area contributed by atoms with E-state index in [4.69, 9.17) is 32.2 Å². The van der Waals surface area contributed by atoms with Crippen LogP contribution in [0.25, 0.3) is 5.69 Å². The quantitative estimate of drug-likeness (QED) is 0.641. The van der Waals surface area contributed by atoms with Crippen molar-refractivity contribution in [2.75, 3.05) is 7.11 Å². The summed E-state index contributed by atoms with van der Waals surface area (Å²) in [6.07, 6.45) is 1.28. The Morgan fingerprint density at radius 3 is 2.69 bits per heavy atom. The van der Waals surface area contributed by atoms with E-state index in [1.165, 1.54) is 0 Å². The van der Waals surface area contributed by atoms with Gasteiger partial charge in [0.15, 0.2) is 5.82 Å². The molecule has 1 aliphatic rings. The summed E-state index contributed by atoms with van der Waals surface area (Å²) in [4.78, 5) is 4.82.